The molecular formula is C22H29N3O2. The molecule has 0 aliphatic carbocycles. The summed E-state index contributed by atoms with van der Waals surface area (Å²) in [5.74, 6) is 0.428. The summed E-state index contributed by atoms with van der Waals surface area (Å²) in [7, 11) is 0. The second-order valence-electron chi connectivity index (χ2n) is 7.01. The summed E-state index contributed by atoms with van der Waals surface area (Å²) in [4.78, 5) is 11.2. The largest absolute Gasteiger partial charge is 0.507 e. The summed E-state index contributed by atoms with van der Waals surface area (Å²) in [5, 5.41) is 20.1. The van der Waals surface area contributed by atoms with Crippen LogP contribution in [-0.2, 0) is 0 Å². The van der Waals surface area contributed by atoms with Crippen LogP contribution >= 0.6 is 0 Å². The van der Waals surface area contributed by atoms with Crippen LogP contribution in [0.5, 0.6) is 11.5 Å². The molecule has 5 heteroatoms. The topological polar surface area (TPSA) is 68.4 Å². The number of anilines is 1. The number of benzene rings is 2. The zero-order chi connectivity index (χ0) is 19.9. The van der Waals surface area contributed by atoms with E-state index in [-0.39, 0.29) is 11.5 Å². The van der Waals surface area contributed by atoms with E-state index in [1.54, 1.807) is 30.6 Å². The molecule has 2 N–H and O–H groups in total. The highest BCUT2D eigenvalue weighted by atomic mass is 16.3. The molecule has 5 nitrogen and oxygen atoms in total. The van der Waals surface area contributed by atoms with Crippen molar-refractivity contribution in [1.82, 2.24) is 0 Å². The zero-order valence-electron chi connectivity index (χ0n) is 16.6. The third-order valence-corrected chi connectivity index (χ3v) is 4.34. The predicted molar refractivity (Wildman–Crippen MR) is 114 cm³/mol. The highest BCUT2D eigenvalue weighted by Gasteiger charge is 2.14. The van der Waals surface area contributed by atoms with E-state index in [4.69, 9.17) is 0 Å². The van der Waals surface area contributed by atoms with Gasteiger partial charge in [-0.2, -0.15) is 0 Å². The Hall–Kier alpha value is -2.82. The quantitative estimate of drug-likeness (QED) is 0.685. The molecule has 0 fully saturated rings. The van der Waals surface area contributed by atoms with Crippen LogP contribution in [0.2, 0.25) is 0 Å². The van der Waals surface area contributed by atoms with E-state index >= 15 is 0 Å². The third kappa shape index (κ3) is 5.84. The van der Waals surface area contributed by atoms with E-state index in [1.165, 1.54) is 0 Å². The lowest BCUT2D eigenvalue weighted by Crippen LogP contribution is -2.22. The fourth-order valence-corrected chi connectivity index (χ4v) is 2.68. The molecule has 0 saturated carbocycles. The Morgan fingerprint density at radius 3 is 2.22 bits per heavy atom. The molecule has 0 bridgehead atoms. The maximum Gasteiger partial charge on any atom is 0.126 e. The molecule has 0 amide bonds. The lowest BCUT2D eigenvalue weighted by atomic mass is 10.1. The average molecular weight is 367 g/mol. The SMILES string of the molecule is CCN(CC)c1ccc(C=NC(C)(C)CN=Cc2ccccc2O)c(O)c1. The number of aliphatic imine (C=N–C) groups is 2. The standard InChI is InChI=1S/C22H29N3O2/c1-5-25(6-2)19-12-11-18(21(27)13-19)15-24-22(3,4)16-23-14-17-9-7-8-10-20(17)26/h7-15,26-27H,5-6,16H2,1-4H3. The fraction of sp³-hybridized carbons (Fsp3) is 0.364. The van der Waals surface area contributed by atoms with Crippen molar-refractivity contribution in [3.8, 4) is 11.5 Å². The normalized spacial score (nSPS) is 12.1. The maximum atomic E-state index is 10.3. The summed E-state index contributed by atoms with van der Waals surface area (Å²) in [6.45, 7) is 10.4. The van der Waals surface area contributed by atoms with Gasteiger partial charge in [0.1, 0.15) is 11.5 Å². The smallest absolute Gasteiger partial charge is 0.126 e. The van der Waals surface area contributed by atoms with Crippen molar-refractivity contribution in [2.75, 3.05) is 24.5 Å². The minimum absolute atomic E-state index is 0.209. The lowest BCUT2D eigenvalue weighted by molar-refractivity contribution is 0.473. The molecule has 0 spiro atoms. The van der Waals surface area contributed by atoms with Gasteiger partial charge in [-0.15, -0.1) is 0 Å². The molecular weight excluding hydrogens is 338 g/mol. The van der Waals surface area contributed by atoms with Gasteiger partial charge in [-0.1, -0.05) is 12.1 Å². The Kier molecular flexibility index (Phi) is 6.99. The molecule has 0 aromatic heterocycles. The number of aromatic hydroxyl groups is 2. The highest BCUT2D eigenvalue weighted by Crippen LogP contribution is 2.24. The first kappa shape index (κ1) is 20.5. The second-order valence-corrected chi connectivity index (χ2v) is 7.01. The molecule has 0 heterocycles. The maximum absolute atomic E-state index is 10.3. The Balaban J connectivity index is 2.06. The van der Waals surface area contributed by atoms with Crippen LogP contribution in [0.25, 0.3) is 0 Å². The van der Waals surface area contributed by atoms with E-state index in [2.05, 4.69) is 28.7 Å². The van der Waals surface area contributed by atoms with Gasteiger partial charge in [0, 0.05) is 48.4 Å². The van der Waals surface area contributed by atoms with Crippen LogP contribution in [0.15, 0.2) is 52.4 Å². The fourth-order valence-electron chi connectivity index (χ4n) is 2.68. The first-order valence-corrected chi connectivity index (χ1v) is 9.27. The van der Waals surface area contributed by atoms with Gasteiger partial charge in [-0.25, -0.2) is 0 Å². The summed E-state index contributed by atoms with van der Waals surface area (Å²) >= 11 is 0. The van der Waals surface area contributed by atoms with Crippen LogP contribution in [0, 0.1) is 0 Å². The first-order valence-electron chi connectivity index (χ1n) is 9.27. The molecule has 2 aromatic carbocycles. The van der Waals surface area contributed by atoms with Gasteiger partial charge in [-0.3, -0.25) is 9.98 Å². The monoisotopic (exact) mass is 367 g/mol. The van der Waals surface area contributed by atoms with Gasteiger partial charge in [0.2, 0.25) is 0 Å². The first-order chi connectivity index (χ1) is 12.9. The van der Waals surface area contributed by atoms with E-state index in [9.17, 15) is 10.2 Å². The number of para-hydroxylation sites is 1. The van der Waals surface area contributed by atoms with Crippen LogP contribution in [0.1, 0.15) is 38.8 Å². The van der Waals surface area contributed by atoms with Crippen LogP contribution in [0.3, 0.4) is 0 Å². The molecule has 27 heavy (non-hydrogen) atoms. The molecule has 0 aliphatic rings. The van der Waals surface area contributed by atoms with Gasteiger partial charge in [-0.05, 0) is 52.0 Å². The number of hydrogen-bond acceptors (Lipinski definition) is 5. The number of phenolic OH excluding ortho intramolecular Hbond substituents is 2. The third-order valence-electron chi connectivity index (χ3n) is 4.34. The second kappa shape index (κ2) is 9.21. The van der Waals surface area contributed by atoms with Crippen molar-refractivity contribution in [3.63, 3.8) is 0 Å². The van der Waals surface area contributed by atoms with Crippen molar-refractivity contribution in [2.24, 2.45) is 9.98 Å². The van der Waals surface area contributed by atoms with Gasteiger partial charge >= 0.3 is 0 Å². The molecule has 0 radical (unpaired) electrons. The number of phenols is 2. The zero-order valence-corrected chi connectivity index (χ0v) is 16.6. The van der Waals surface area contributed by atoms with E-state index in [0.29, 0.717) is 17.7 Å². The number of hydrogen-bond donors (Lipinski definition) is 2. The molecule has 0 atom stereocenters. The minimum atomic E-state index is -0.426. The van der Waals surface area contributed by atoms with E-state index in [0.717, 1.165) is 18.8 Å². The molecule has 2 rings (SSSR count). The Labute approximate surface area is 161 Å². The summed E-state index contributed by atoms with van der Waals surface area (Å²) in [6.07, 6.45) is 3.35. The van der Waals surface area contributed by atoms with Gasteiger partial charge in [0.05, 0.1) is 12.1 Å². The highest BCUT2D eigenvalue weighted by molar-refractivity contribution is 5.85. The summed E-state index contributed by atoms with van der Waals surface area (Å²) in [5.41, 5.74) is 1.94. The Bertz CT molecular complexity index is 809. The summed E-state index contributed by atoms with van der Waals surface area (Å²) in [6, 6.07) is 12.7. The molecule has 0 saturated heterocycles. The van der Waals surface area contributed by atoms with Crippen molar-refractivity contribution < 1.29 is 10.2 Å². The van der Waals surface area contributed by atoms with Crippen molar-refractivity contribution in [2.45, 2.75) is 33.2 Å². The van der Waals surface area contributed by atoms with Crippen molar-refractivity contribution in [3.05, 3.63) is 53.6 Å². The number of rotatable bonds is 8. The van der Waals surface area contributed by atoms with E-state index in [1.807, 2.05) is 38.1 Å². The van der Waals surface area contributed by atoms with Gasteiger partial charge in [0.15, 0.2) is 0 Å². The van der Waals surface area contributed by atoms with Gasteiger partial charge < -0.3 is 15.1 Å². The van der Waals surface area contributed by atoms with Gasteiger partial charge in [0.25, 0.3) is 0 Å². The number of nitrogens with zero attached hydrogens (tertiary/aromatic N) is 3. The van der Waals surface area contributed by atoms with Crippen molar-refractivity contribution >= 4 is 18.1 Å². The lowest BCUT2D eigenvalue weighted by Gasteiger charge is -2.21. The van der Waals surface area contributed by atoms with Crippen molar-refractivity contribution in [1.29, 1.82) is 0 Å². The summed E-state index contributed by atoms with van der Waals surface area (Å²) < 4.78 is 0. The minimum Gasteiger partial charge on any atom is -0.507 e. The van der Waals surface area contributed by atoms with Crippen LogP contribution < -0.4 is 4.90 Å². The molecule has 2 aromatic rings. The van der Waals surface area contributed by atoms with E-state index < -0.39 is 5.54 Å². The molecule has 144 valence electrons. The average Bonchev–Trinajstić information content (AvgIpc) is 2.63. The predicted octanol–water partition coefficient (Wildman–Crippen LogP) is 4.26. The molecule has 0 aliphatic heterocycles. The van der Waals surface area contributed by atoms with Crippen LogP contribution in [0.4, 0.5) is 5.69 Å². The van der Waals surface area contributed by atoms with Crippen LogP contribution in [-0.4, -0.2) is 47.8 Å². The Morgan fingerprint density at radius 2 is 1.59 bits per heavy atom. The Morgan fingerprint density at radius 1 is 0.926 bits per heavy atom. The molecule has 0 unspecified atom stereocenters.